The van der Waals surface area contributed by atoms with E-state index in [1.165, 1.54) is 0 Å². The lowest BCUT2D eigenvalue weighted by molar-refractivity contribution is 0.546. The van der Waals surface area contributed by atoms with Crippen molar-refractivity contribution in [2.75, 3.05) is 5.73 Å². The molecule has 1 aromatic rings. The van der Waals surface area contributed by atoms with Crippen molar-refractivity contribution in [2.24, 2.45) is 16.1 Å². The normalized spacial score (nSPS) is 26.1. The quantitative estimate of drug-likeness (QED) is 0.700. The van der Waals surface area contributed by atoms with Gasteiger partial charge in [-0.05, 0) is 17.8 Å². The number of benzene rings is 1. The monoisotopic (exact) mass is 212 g/mol. The number of anilines is 1. The fourth-order valence-corrected chi connectivity index (χ4v) is 2.11. The van der Waals surface area contributed by atoms with Crippen molar-refractivity contribution in [3.63, 3.8) is 0 Å². The summed E-state index contributed by atoms with van der Waals surface area (Å²) in [5.41, 5.74) is 8.93. The van der Waals surface area contributed by atoms with Crippen LogP contribution in [0.4, 0.5) is 5.69 Å². The third-order valence-electron chi connectivity index (χ3n) is 2.93. The van der Waals surface area contributed by atoms with Crippen molar-refractivity contribution in [1.29, 1.82) is 0 Å². The van der Waals surface area contributed by atoms with Crippen molar-refractivity contribution < 1.29 is 0 Å². The van der Waals surface area contributed by atoms with Crippen LogP contribution >= 0.6 is 0 Å². The van der Waals surface area contributed by atoms with Crippen LogP contribution in [0.5, 0.6) is 0 Å². The molecule has 2 unspecified atom stereocenters. The van der Waals surface area contributed by atoms with Crippen LogP contribution in [-0.4, -0.2) is 6.17 Å². The highest BCUT2D eigenvalue weighted by molar-refractivity contribution is 5.78. The van der Waals surface area contributed by atoms with Gasteiger partial charge in [0.05, 0.1) is 6.20 Å². The SMILES string of the molecule is Nc1ccccc1C1=CN=NC2NC=CC12. The third kappa shape index (κ3) is 1.31. The highest BCUT2D eigenvalue weighted by atomic mass is 15.2. The summed E-state index contributed by atoms with van der Waals surface area (Å²) in [6.45, 7) is 0. The highest BCUT2D eigenvalue weighted by Gasteiger charge is 2.29. The maximum Gasteiger partial charge on any atom is 0.150 e. The molecule has 2 aliphatic rings. The molecule has 0 aromatic heterocycles. The predicted octanol–water partition coefficient (Wildman–Crippen LogP) is 2.13. The van der Waals surface area contributed by atoms with E-state index in [0.717, 1.165) is 16.8 Å². The van der Waals surface area contributed by atoms with Gasteiger partial charge in [0.1, 0.15) is 6.17 Å². The Labute approximate surface area is 93.6 Å². The molecule has 0 amide bonds. The third-order valence-corrected chi connectivity index (χ3v) is 2.93. The second-order valence-electron chi connectivity index (χ2n) is 3.90. The average Bonchev–Trinajstić information content (AvgIpc) is 2.77. The molecule has 4 nitrogen and oxygen atoms in total. The van der Waals surface area contributed by atoms with E-state index in [0.29, 0.717) is 0 Å². The molecule has 0 saturated heterocycles. The van der Waals surface area contributed by atoms with E-state index in [1.54, 1.807) is 6.20 Å². The van der Waals surface area contributed by atoms with Gasteiger partial charge in [0, 0.05) is 17.2 Å². The smallest absolute Gasteiger partial charge is 0.150 e. The van der Waals surface area contributed by atoms with Gasteiger partial charge in [0.15, 0.2) is 0 Å². The second-order valence-corrected chi connectivity index (χ2v) is 3.90. The molecule has 0 saturated carbocycles. The minimum absolute atomic E-state index is 0.0274. The van der Waals surface area contributed by atoms with Crippen molar-refractivity contribution in [3.05, 3.63) is 48.3 Å². The molecule has 4 heteroatoms. The Morgan fingerprint density at radius 2 is 2.12 bits per heavy atom. The first-order valence-corrected chi connectivity index (χ1v) is 5.24. The van der Waals surface area contributed by atoms with Gasteiger partial charge >= 0.3 is 0 Å². The molecular formula is C12H12N4. The number of rotatable bonds is 1. The summed E-state index contributed by atoms with van der Waals surface area (Å²) in [7, 11) is 0. The number of fused-ring (bicyclic) bond motifs is 1. The predicted molar refractivity (Wildman–Crippen MR) is 63.2 cm³/mol. The molecule has 80 valence electrons. The lowest BCUT2D eigenvalue weighted by Gasteiger charge is -2.21. The van der Waals surface area contributed by atoms with Gasteiger partial charge in [-0.15, -0.1) is 0 Å². The molecule has 2 heterocycles. The molecule has 0 spiro atoms. The van der Waals surface area contributed by atoms with Crippen molar-refractivity contribution in [2.45, 2.75) is 6.17 Å². The molecule has 16 heavy (non-hydrogen) atoms. The largest absolute Gasteiger partial charge is 0.398 e. The van der Waals surface area contributed by atoms with Crippen LogP contribution in [0, 0.1) is 5.92 Å². The summed E-state index contributed by atoms with van der Waals surface area (Å²) >= 11 is 0. The minimum Gasteiger partial charge on any atom is -0.398 e. The van der Waals surface area contributed by atoms with Crippen LogP contribution in [0.25, 0.3) is 5.57 Å². The number of hydrogen-bond acceptors (Lipinski definition) is 4. The highest BCUT2D eigenvalue weighted by Crippen LogP contribution is 2.35. The maximum atomic E-state index is 5.98. The van der Waals surface area contributed by atoms with E-state index in [-0.39, 0.29) is 12.1 Å². The molecule has 3 N–H and O–H groups in total. The van der Waals surface area contributed by atoms with Crippen molar-refractivity contribution in [1.82, 2.24) is 5.32 Å². The fraction of sp³-hybridized carbons (Fsp3) is 0.167. The first-order chi connectivity index (χ1) is 7.86. The number of nitrogen functional groups attached to an aromatic ring is 1. The van der Waals surface area contributed by atoms with E-state index < -0.39 is 0 Å². The summed E-state index contributed by atoms with van der Waals surface area (Å²) < 4.78 is 0. The molecule has 0 radical (unpaired) electrons. The topological polar surface area (TPSA) is 62.8 Å². The number of nitrogens with two attached hydrogens (primary N) is 1. The summed E-state index contributed by atoms with van der Waals surface area (Å²) in [4.78, 5) is 0. The molecule has 2 aliphatic heterocycles. The zero-order chi connectivity index (χ0) is 11.0. The Hall–Kier alpha value is -2.10. The van der Waals surface area contributed by atoms with Crippen molar-refractivity contribution >= 4 is 11.3 Å². The van der Waals surface area contributed by atoms with Crippen LogP contribution in [0.15, 0.2) is 53.0 Å². The summed E-state index contributed by atoms with van der Waals surface area (Å²) in [5, 5.41) is 11.3. The average molecular weight is 212 g/mol. The Balaban J connectivity index is 2.07. The van der Waals surface area contributed by atoms with Crippen LogP contribution in [0.2, 0.25) is 0 Å². The molecule has 2 atom stereocenters. The fourth-order valence-electron chi connectivity index (χ4n) is 2.11. The van der Waals surface area contributed by atoms with E-state index in [4.69, 9.17) is 5.73 Å². The van der Waals surface area contributed by atoms with Gasteiger partial charge in [-0.25, -0.2) is 0 Å². The van der Waals surface area contributed by atoms with Gasteiger partial charge in [0.2, 0.25) is 0 Å². The Morgan fingerprint density at radius 1 is 1.25 bits per heavy atom. The van der Waals surface area contributed by atoms with E-state index in [2.05, 4.69) is 21.6 Å². The lowest BCUT2D eigenvalue weighted by atomic mass is 9.90. The first-order valence-electron chi connectivity index (χ1n) is 5.24. The van der Waals surface area contributed by atoms with Gasteiger partial charge in [-0.2, -0.15) is 10.2 Å². The summed E-state index contributed by atoms with van der Waals surface area (Å²) in [5.74, 6) is 0.238. The van der Waals surface area contributed by atoms with Crippen LogP contribution < -0.4 is 11.1 Å². The van der Waals surface area contributed by atoms with Crippen molar-refractivity contribution in [3.8, 4) is 0 Å². The lowest BCUT2D eigenvalue weighted by Crippen LogP contribution is -2.26. The molecule has 1 aromatic carbocycles. The molecule has 0 bridgehead atoms. The zero-order valence-electron chi connectivity index (χ0n) is 8.67. The molecule has 0 aliphatic carbocycles. The van der Waals surface area contributed by atoms with Gasteiger partial charge in [0.25, 0.3) is 0 Å². The maximum absolute atomic E-state index is 5.98. The zero-order valence-corrected chi connectivity index (χ0v) is 8.67. The second kappa shape index (κ2) is 3.48. The summed E-state index contributed by atoms with van der Waals surface area (Å²) in [6.07, 6.45) is 5.84. The Bertz CT molecular complexity index is 501. The van der Waals surface area contributed by atoms with Crippen LogP contribution in [-0.2, 0) is 0 Å². The molecule has 0 fully saturated rings. The van der Waals surface area contributed by atoms with Crippen LogP contribution in [0.1, 0.15) is 5.56 Å². The van der Waals surface area contributed by atoms with Crippen LogP contribution in [0.3, 0.4) is 0 Å². The summed E-state index contributed by atoms with van der Waals surface area (Å²) in [6, 6.07) is 7.84. The minimum atomic E-state index is 0.0274. The molecular weight excluding hydrogens is 200 g/mol. The Morgan fingerprint density at radius 3 is 3.00 bits per heavy atom. The number of nitrogens with zero attached hydrogens (tertiary/aromatic N) is 2. The van der Waals surface area contributed by atoms with E-state index >= 15 is 0 Å². The number of azo groups is 1. The van der Waals surface area contributed by atoms with Gasteiger partial charge in [-0.3, -0.25) is 0 Å². The van der Waals surface area contributed by atoms with E-state index in [9.17, 15) is 0 Å². The van der Waals surface area contributed by atoms with E-state index in [1.807, 2.05) is 30.5 Å². The number of hydrogen-bond donors (Lipinski definition) is 2. The Kier molecular flexibility index (Phi) is 1.99. The molecule has 3 rings (SSSR count). The van der Waals surface area contributed by atoms with Gasteiger partial charge in [-0.1, -0.05) is 24.3 Å². The number of nitrogens with one attached hydrogen (secondary N) is 1. The van der Waals surface area contributed by atoms with Gasteiger partial charge < -0.3 is 11.1 Å². The first kappa shape index (κ1) is 9.15. The number of para-hydroxylation sites is 1. The standard InChI is InChI=1S/C12H12N4/c13-11-4-2-1-3-8(11)10-7-15-16-12-9(10)5-6-14-12/h1-7,9,12,14H,13H2.